The van der Waals surface area contributed by atoms with Crippen molar-refractivity contribution in [2.24, 2.45) is 46.3 Å². The fraction of sp³-hybridized carbons (Fsp3) is 0.960. The van der Waals surface area contributed by atoms with Gasteiger partial charge in [0.05, 0.1) is 6.10 Å². The Balaban J connectivity index is 1.51. The van der Waals surface area contributed by atoms with Crippen LogP contribution in [-0.4, -0.2) is 19.5 Å². The lowest BCUT2D eigenvalue weighted by Crippen LogP contribution is -2.54. The highest BCUT2D eigenvalue weighted by atomic mass is 16.5. The molecule has 2 nitrogen and oxygen atoms in total. The van der Waals surface area contributed by atoms with Crippen LogP contribution in [0.25, 0.3) is 0 Å². The van der Waals surface area contributed by atoms with Gasteiger partial charge >= 0.3 is 0 Å². The van der Waals surface area contributed by atoms with Crippen LogP contribution in [0.1, 0.15) is 91.4 Å². The lowest BCUT2D eigenvalue weighted by atomic mass is 9.44. The number of fused-ring (bicyclic) bond motifs is 5. The van der Waals surface area contributed by atoms with Crippen molar-refractivity contribution >= 4 is 6.29 Å². The second kappa shape index (κ2) is 7.47. The van der Waals surface area contributed by atoms with Crippen LogP contribution in [0.5, 0.6) is 0 Å². The minimum atomic E-state index is 0.517. The average Bonchev–Trinajstić information content (AvgIpc) is 3.02. The van der Waals surface area contributed by atoms with Gasteiger partial charge in [-0.05, 0) is 111 Å². The Morgan fingerprint density at radius 1 is 1.00 bits per heavy atom. The van der Waals surface area contributed by atoms with E-state index in [1.54, 1.807) is 0 Å². The van der Waals surface area contributed by atoms with Crippen LogP contribution in [0.4, 0.5) is 0 Å². The maximum atomic E-state index is 10.9. The summed E-state index contributed by atoms with van der Waals surface area (Å²) in [6.45, 7) is 7.72. The number of aldehydes is 1. The highest BCUT2D eigenvalue weighted by Gasteiger charge is 2.60. The first-order valence-corrected chi connectivity index (χ1v) is 11.9. The van der Waals surface area contributed by atoms with E-state index in [2.05, 4.69) is 20.8 Å². The summed E-state index contributed by atoms with van der Waals surface area (Å²) in [7, 11) is 1.91. The normalized spacial score (nSPS) is 50.4. The SMILES string of the molecule is CO[C@@H]1CC[C@@]2(C)C(CCC3C4CCC(C(C)CCC=O)[C@@]4(C)CCC32)C1. The van der Waals surface area contributed by atoms with Crippen molar-refractivity contribution in [1.29, 1.82) is 0 Å². The lowest BCUT2D eigenvalue weighted by molar-refractivity contribution is -0.133. The maximum absolute atomic E-state index is 10.9. The van der Waals surface area contributed by atoms with Crippen molar-refractivity contribution in [2.45, 2.75) is 97.5 Å². The summed E-state index contributed by atoms with van der Waals surface area (Å²) in [6, 6.07) is 0. The van der Waals surface area contributed by atoms with E-state index in [0.717, 1.165) is 48.7 Å². The molecule has 0 aromatic carbocycles. The Morgan fingerprint density at radius 3 is 2.48 bits per heavy atom. The number of hydrogen-bond donors (Lipinski definition) is 0. The third-order valence-corrected chi connectivity index (χ3v) is 10.5. The average molecular weight is 375 g/mol. The monoisotopic (exact) mass is 374 g/mol. The van der Waals surface area contributed by atoms with E-state index in [1.807, 2.05) is 7.11 Å². The summed E-state index contributed by atoms with van der Waals surface area (Å²) in [6.07, 6.45) is 16.1. The molecule has 154 valence electrons. The highest BCUT2D eigenvalue weighted by Crippen LogP contribution is 2.68. The second-order valence-electron chi connectivity index (χ2n) is 11.2. The number of hydrogen-bond acceptors (Lipinski definition) is 2. The Labute approximate surface area is 167 Å². The zero-order valence-electron chi connectivity index (χ0n) is 18.2. The van der Waals surface area contributed by atoms with Gasteiger partial charge in [-0.25, -0.2) is 0 Å². The molecule has 0 amide bonds. The molecule has 9 atom stereocenters. The highest BCUT2D eigenvalue weighted by molar-refractivity contribution is 5.49. The zero-order chi connectivity index (χ0) is 19.2. The van der Waals surface area contributed by atoms with Gasteiger partial charge in [-0.3, -0.25) is 0 Å². The van der Waals surface area contributed by atoms with Gasteiger partial charge in [-0.15, -0.1) is 0 Å². The molecule has 0 N–H and O–H groups in total. The molecule has 27 heavy (non-hydrogen) atoms. The Kier molecular flexibility index (Phi) is 5.51. The van der Waals surface area contributed by atoms with Crippen molar-refractivity contribution < 1.29 is 9.53 Å². The van der Waals surface area contributed by atoms with Crippen LogP contribution in [-0.2, 0) is 9.53 Å². The molecule has 4 aliphatic rings. The van der Waals surface area contributed by atoms with Crippen LogP contribution < -0.4 is 0 Å². The topological polar surface area (TPSA) is 26.3 Å². The molecule has 0 spiro atoms. The molecule has 2 heteroatoms. The first-order chi connectivity index (χ1) is 12.9. The largest absolute Gasteiger partial charge is 0.381 e. The Bertz CT molecular complexity index is 544. The van der Waals surface area contributed by atoms with Gasteiger partial charge in [0, 0.05) is 13.5 Å². The lowest BCUT2D eigenvalue weighted by Gasteiger charge is -2.61. The van der Waals surface area contributed by atoms with Crippen LogP contribution in [0, 0.1) is 46.3 Å². The quantitative estimate of drug-likeness (QED) is 0.530. The summed E-state index contributed by atoms with van der Waals surface area (Å²) >= 11 is 0. The van der Waals surface area contributed by atoms with Gasteiger partial charge in [0.2, 0.25) is 0 Å². The van der Waals surface area contributed by atoms with Crippen molar-refractivity contribution in [3.63, 3.8) is 0 Å². The predicted molar refractivity (Wildman–Crippen MR) is 110 cm³/mol. The minimum absolute atomic E-state index is 0.517. The molecule has 6 unspecified atom stereocenters. The molecule has 4 rings (SSSR count). The first kappa shape index (κ1) is 19.9. The van der Waals surface area contributed by atoms with Crippen LogP contribution in [0.2, 0.25) is 0 Å². The zero-order valence-corrected chi connectivity index (χ0v) is 18.2. The second-order valence-corrected chi connectivity index (χ2v) is 11.2. The third-order valence-electron chi connectivity index (χ3n) is 10.5. The number of rotatable bonds is 5. The summed E-state index contributed by atoms with van der Waals surface area (Å²) < 4.78 is 5.75. The Hall–Kier alpha value is -0.370. The fourth-order valence-electron chi connectivity index (χ4n) is 8.94. The molecule has 4 aliphatic carbocycles. The standard InChI is InChI=1S/C25H42O2/c1-17(6-5-15-26)21-9-10-22-20-8-7-18-16-19(27-4)11-13-24(18,2)23(20)12-14-25(21,22)3/h15,17-23H,5-14,16H2,1-4H3/t17?,18?,19-,20?,21?,22?,23?,24+,25-/m1/s1. The molecule has 0 heterocycles. The van der Waals surface area contributed by atoms with Gasteiger partial charge in [-0.1, -0.05) is 20.8 Å². The van der Waals surface area contributed by atoms with E-state index < -0.39 is 0 Å². The molecular weight excluding hydrogens is 332 g/mol. The third kappa shape index (κ3) is 3.13. The fourth-order valence-corrected chi connectivity index (χ4v) is 8.94. The summed E-state index contributed by atoms with van der Waals surface area (Å²) in [5, 5.41) is 0. The smallest absolute Gasteiger partial charge is 0.120 e. The van der Waals surface area contributed by atoms with E-state index in [1.165, 1.54) is 57.8 Å². The van der Waals surface area contributed by atoms with Crippen LogP contribution in [0.15, 0.2) is 0 Å². The summed E-state index contributed by atoms with van der Waals surface area (Å²) in [4.78, 5) is 10.9. The summed E-state index contributed by atoms with van der Waals surface area (Å²) in [5.74, 6) is 5.32. The molecule has 0 radical (unpaired) electrons. The van der Waals surface area contributed by atoms with Crippen molar-refractivity contribution in [2.75, 3.05) is 7.11 Å². The molecule has 0 aliphatic heterocycles. The van der Waals surface area contributed by atoms with E-state index >= 15 is 0 Å². The number of carbonyl (C=O) groups is 1. The van der Waals surface area contributed by atoms with E-state index in [0.29, 0.717) is 22.9 Å². The molecule has 0 bridgehead atoms. The maximum Gasteiger partial charge on any atom is 0.120 e. The summed E-state index contributed by atoms with van der Waals surface area (Å²) in [5.41, 5.74) is 1.11. The minimum Gasteiger partial charge on any atom is -0.381 e. The first-order valence-electron chi connectivity index (χ1n) is 11.9. The van der Waals surface area contributed by atoms with E-state index in [9.17, 15) is 4.79 Å². The van der Waals surface area contributed by atoms with E-state index in [4.69, 9.17) is 4.74 Å². The molecular formula is C25H42O2. The van der Waals surface area contributed by atoms with Crippen LogP contribution in [0.3, 0.4) is 0 Å². The van der Waals surface area contributed by atoms with Gasteiger partial charge in [0.1, 0.15) is 6.29 Å². The molecule has 0 saturated heterocycles. The molecule has 0 aromatic rings. The van der Waals surface area contributed by atoms with Crippen molar-refractivity contribution in [3.05, 3.63) is 0 Å². The van der Waals surface area contributed by atoms with Crippen molar-refractivity contribution in [3.8, 4) is 0 Å². The molecule has 0 aromatic heterocycles. The van der Waals surface area contributed by atoms with Gasteiger partial charge in [-0.2, -0.15) is 0 Å². The van der Waals surface area contributed by atoms with Crippen LogP contribution >= 0.6 is 0 Å². The van der Waals surface area contributed by atoms with Gasteiger partial charge in [0.15, 0.2) is 0 Å². The number of methoxy groups -OCH3 is 1. The molecule has 4 fully saturated rings. The number of ether oxygens (including phenoxy) is 1. The van der Waals surface area contributed by atoms with Gasteiger partial charge < -0.3 is 9.53 Å². The number of carbonyl (C=O) groups excluding carboxylic acids is 1. The van der Waals surface area contributed by atoms with E-state index in [-0.39, 0.29) is 0 Å². The van der Waals surface area contributed by atoms with Gasteiger partial charge in [0.25, 0.3) is 0 Å². The Morgan fingerprint density at radius 2 is 1.74 bits per heavy atom. The van der Waals surface area contributed by atoms with Crippen molar-refractivity contribution in [1.82, 2.24) is 0 Å². The predicted octanol–water partition coefficient (Wildman–Crippen LogP) is 6.28. The molecule has 4 saturated carbocycles.